The Kier molecular flexibility index (Phi) is 5.63. The molecule has 0 aromatic heterocycles. The number of benzene rings is 1. The number of rotatable bonds is 6. The average Bonchev–Trinajstić information content (AvgIpc) is 3.05. The Labute approximate surface area is 129 Å². The Morgan fingerprint density at radius 3 is 2.55 bits per heavy atom. The molecule has 1 aliphatic carbocycles. The highest BCUT2D eigenvalue weighted by atomic mass is 16.5. The summed E-state index contributed by atoms with van der Waals surface area (Å²) in [6.07, 6.45) is 4.67. The fourth-order valence-electron chi connectivity index (χ4n) is 2.42. The van der Waals surface area contributed by atoms with Gasteiger partial charge in [-0.25, -0.2) is 0 Å². The Bertz CT molecular complexity index is 537. The Morgan fingerprint density at radius 1 is 1.18 bits per heavy atom. The van der Waals surface area contributed by atoms with Crippen LogP contribution in [-0.2, 0) is 9.53 Å². The summed E-state index contributed by atoms with van der Waals surface area (Å²) in [4.78, 5) is 23.0. The average molecular weight is 307 g/mol. The van der Waals surface area contributed by atoms with Crippen molar-refractivity contribution in [2.45, 2.75) is 31.8 Å². The highest BCUT2D eigenvalue weighted by Crippen LogP contribution is 2.32. The fourth-order valence-corrected chi connectivity index (χ4v) is 2.42. The lowest BCUT2D eigenvalue weighted by molar-refractivity contribution is -0.139. The molecule has 1 amide bonds. The first-order valence-corrected chi connectivity index (χ1v) is 7.33. The smallest absolute Gasteiger partial charge is 0.325 e. The molecule has 22 heavy (non-hydrogen) atoms. The minimum absolute atomic E-state index is 0.169. The van der Waals surface area contributed by atoms with Crippen molar-refractivity contribution in [2.24, 2.45) is 0 Å². The van der Waals surface area contributed by atoms with Gasteiger partial charge in [0.05, 0.1) is 20.3 Å². The van der Waals surface area contributed by atoms with Gasteiger partial charge in [0, 0.05) is 5.56 Å². The second kappa shape index (κ2) is 7.68. The molecule has 0 radical (unpaired) electrons. The first-order valence-electron chi connectivity index (χ1n) is 7.33. The molecule has 0 bridgehead atoms. The molecule has 1 aliphatic rings. The van der Waals surface area contributed by atoms with Crippen LogP contribution < -0.4 is 14.8 Å². The second-order valence-electron chi connectivity index (χ2n) is 5.15. The summed E-state index contributed by atoms with van der Waals surface area (Å²) in [7, 11) is 2.81. The summed E-state index contributed by atoms with van der Waals surface area (Å²) in [5.41, 5.74) is 0.402. The van der Waals surface area contributed by atoms with Gasteiger partial charge in [0.15, 0.2) is 11.5 Å². The van der Waals surface area contributed by atoms with Crippen molar-refractivity contribution in [2.75, 3.05) is 20.8 Å². The summed E-state index contributed by atoms with van der Waals surface area (Å²) in [5, 5.41) is 2.48. The quantitative estimate of drug-likeness (QED) is 0.813. The molecule has 1 saturated carbocycles. The highest BCUT2D eigenvalue weighted by molar-refractivity contribution is 5.96. The molecule has 0 saturated heterocycles. The molecule has 0 heterocycles. The van der Waals surface area contributed by atoms with E-state index in [9.17, 15) is 9.59 Å². The van der Waals surface area contributed by atoms with E-state index < -0.39 is 5.97 Å². The summed E-state index contributed by atoms with van der Waals surface area (Å²) < 4.78 is 15.7. The molecular weight excluding hydrogens is 286 g/mol. The van der Waals surface area contributed by atoms with Crippen LogP contribution in [0.15, 0.2) is 18.2 Å². The lowest BCUT2D eigenvalue weighted by Crippen LogP contribution is -2.30. The molecule has 1 aromatic rings. The van der Waals surface area contributed by atoms with Gasteiger partial charge in [-0.15, -0.1) is 0 Å². The standard InChI is InChI=1S/C16H21NO5/c1-20-14-9-11(16(19)17-10-15(18)21-2)7-8-13(14)22-12-5-3-4-6-12/h7-9,12H,3-6,10H2,1-2H3,(H,17,19). The fraction of sp³-hybridized carbons (Fsp3) is 0.500. The van der Waals surface area contributed by atoms with Crippen molar-refractivity contribution in [3.8, 4) is 11.5 Å². The predicted octanol–water partition coefficient (Wildman–Crippen LogP) is 1.92. The van der Waals surface area contributed by atoms with Crippen molar-refractivity contribution >= 4 is 11.9 Å². The first-order chi connectivity index (χ1) is 10.6. The number of carbonyl (C=O) groups is 2. The van der Waals surface area contributed by atoms with Crippen LogP contribution in [0, 0.1) is 0 Å². The zero-order valence-electron chi connectivity index (χ0n) is 12.9. The third kappa shape index (κ3) is 4.13. The van der Waals surface area contributed by atoms with E-state index in [0.29, 0.717) is 17.1 Å². The number of hydrogen-bond donors (Lipinski definition) is 1. The van der Waals surface area contributed by atoms with E-state index in [1.54, 1.807) is 18.2 Å². The van der Waals surface area contributed by atoms with Crippen LogP contribution in [-0.4, -0.2) is 38.7 Å². The zero-order chi connectivity index (χ0) is 15.9. The van der Waals surface area contributed by atoms with Crippen LogP contribution in [0.4, 0.5) is 0 Å². The lowest BCUT2D eigenvalue weighted by Gasteiger charge is -2.16. The molecule has 1 N–H and O–H groups in total. The maximum Gasteiger partial charge on any atom is 0.325 e. The van der Waals surface area contributed by atoms with Crippen molar-refractivity contribution in [1.82, 2.24) is 5.32 Å². The van der Waals surface area contributed by atoms with E-state index in [1.807, 2.05) is 0 Å². The number of ether oxygens (including phenoxy) is 3. The monoisotopic (exact) mass is 307 g/mol. The predicted molar refractivity (Wildman–Crippen MR) is 80.2 cm³/mol. The number of amides is 1. The number of carbonyl (C=O) groups excluding carboxylic acids is 2. The Hall–Kier alpha value is -2.24. The SMILES string of the molecule is COC(=O)CNC(=O)c1ccc(OC2CCCC2)c(OC)c1. The van der Waals surface area contributed by atoms with Gasteiger partial charge in [-0.1, -0.05) is 0 Å². The molecule has 0 spiro atoms. The maximum atomic E-state index is 12.0. The van der Waals surface area contributed by atoms with Gasteiger partial charge in [-0.2, -0.15) is 0 Å². The van der Waals surface area contributed by atoms with Gasteiger partial charge in [0.2, 0.25) is 0 Å². The molecular formula is C16H21NO5. The van der Waals surface area contributed by atoms with Crippen LogP contribution in [0.1, 0.15) is 36.0 Å². The Balaban J connectivity index is 2.03. The number of methoxy groups -OCH3 is 2. The largest absolute Gasteiger partial charge is 0.493 e. The van der Waals surface area contributed by atoms with Crippen molar-refractivity contribution in [3.63, 3.8) is 0 Å². The molecule has 0 atom stereocenters. The molecule has 6 heteroatoms. The maximum absolute atomic E-state index is 12.0. The van der Waals surface area contributed by atoms with Gasteiger partial charge in [-0.05, 0) is 43.9 Å². The minimum Gasteiger partial charge on any atom is -0.493 e. The lowest BCUT2D eigenvalue weighted by atomic mass is 10.2. The summed E-state index contributed by atoms with van der Waals surface area (Å²) in [6.45, 7) is -0.169. The molecule has 6 nitrogen and oxygen atoms in total. The molecule has 120 valence electrons. The first kappa shape index (κ1) is 16.1. The van der Waals surface area contributed by atoms with Crippen LogP contribution >= 0.6 is 0 Å². The van der Waals surface area contributed by atoms with Crippen LogP contribution in [0.5, 0.6) is 11.5 Å². The van der Waals surface area contributed by atoms with Crippen LogP contribution in [0.3, 0.4) is 0 Å². The number of hydrogen-bond acceptors (Lipinski definition) is 5. The van der Waals surface area contributed by atoms with Gasteiger partial charge in [-0.3, -0.25) is 9.59 Å². The van der Waals surface area contributed by atoms with E-state index in [0.717, 1.165) is 12.8 Å². The van der Waals surface area contributed by atoms with Gasteiger partial charge < -0.3 is 19.5 Å². The van der Waals surface area contributed by atoms with Crippen LogP contribution in [0.2, 0.25) is 0 Å². The third-order valence-corrected chi connectivity index (χ3v) is 3.64. The topological polar surface area (TPSA) is 73.9 Å². The normalized spacial score (nSPS) is 14.5. The van der Waals surface area contributed by atoms with E-state index in [2.05, 4.69) is 10.1 Å². The molecule has 0 aliphatic heterocycles. The van der Waals surface area contributed by atoms with Gasteiger partial charge in [0.1, 0.15) is 6.54 Å². The summed E-state index contributed by atoms with van der Waals surface area (Å²) in [6, 6.07) is 4.99. The van der Waals surface area contributed by atoms with Gasteiger partial charge >= 0.3 is 5.97 Å². The molecule has 1 fully saturated rings. The Morgan fingerprint density at radius 2 is 1.91 bits per heavy atom. The molecule has 2 rings (SSSR count). The molecule has 1 aromatic carbocycles. The van der Waals surface area contributed by atoms with E-state index >= 15 is 0 Å². The van der Waals surface area contributed by atoms with E-state index in [4.69, 9.17) is 9.47 Å². The summed E-state index contributed by atoms with van der Waals surface area (Å²) >= 11 is 0. The van der Waals surface area contributed by atoms with E-state index in [1.165, 1.54) is 27.1 Å². The van der Waals surface area contributed by atoms with Crippen molar-refractivity contribution in [1.29, 1.82) is 0 Å². The third-order valence-electron chi connectivity index (χ3n) is 3.64. The minimum atomic E-state index is -0.499. The van der Waals surface area contributed by atoms with Gasteiger partial charge in [0.25, 0.3) is 5.91 Å². The van der Waals surface area contributed by atoms with Crippen LogP contribution in [0.25, 0.3) is 0 Å². The second-order valence-corrected chi connectivity index (χ2v) is 5.15. The highest BCUT2D eigenvalue weighted by Gasteiger charge is 2.19. The van der Waals surface area contributed by atoms with Crippen molar-refractivity contribution < 1.29 is 23.8 Å². The zero-order valence-corrected chi connectivity index (χ0v) is 12.9. The summed E-state index contributed by atoms with van der Waals surface area (Å²) in [5.74, 6) is 0.286. The number of esters is 1. The molecule has 0 unspecified atom stereocenters. The van der Waals surface area contributed by atoms with E-state index in [-0.39, 0.29) is 18.6 Å². The van der Waals surface area contributed by atoms with Crippen molar-refractivity contribution in [3.05, 3.63) is 23.8 Å². The number of nitrogens with one attached hydrogen (secondary N) is 1.